The number of hydrogen-bond donors (Lipinski definition) is 0. The van der Waals surface area contributed by atoms with Gasteiger partial charge >= 0.3 is 11.9 Å². The SMILES string of the molecule is CCCC(CCC(CC)N=O)OC1CCC2(C)C(CCC3C2CCC2(C)C(C4=CC(=O)OC4)C(OC(C)=O)CC32N=O)C1. The second-order valence-corrected chi connectivity index (χ2v) is 14.8. The minimum absolute atomic E-state index is 0.0948. The van der Waals surface area contributed by atoms with Crippen molar-refractivity contribution in [3.8, 4) is 0 Å². The van der Waals surface area contributed by atoms with Gasteiger partial charge in [-0.05, 0) is 99.4 Å². The van der Waals surface area contributed by atoms with Gasteiger partial charge in [-0.25, -0.2) is 4.79 Å². The second kappa shape index (κ2) is 12.7. The van der Waals surface area contributed by atoms with Crippen molar-refractivity contribution < 1.29 is 23.8 Å². The molecule has 4 saturated carbocycles. The normalized spacial score (nSPS) is 41.6. The molecule has 0 aromatic heterocycles. The van der Waals surface area contributed by atoms with Crippen LogP contribution in [0.1, 0.15) is 118 Å². The summed E-state index contributed by atoms with van der Waals surface area (Å²) < 4.78 is 17.9. The van der Waals surface area contributed by atoms with Crippen molar-refractivity contribution >= 4 is 11.9 Å². The molecule has 4 fully saturated rings. The Labute approximate surface area is 256 Å². The van der Waals surface area contributed by atoms with Gasteiger partial charge in [0.2, 0.25) is 0 Å². The van der Waals surface area contributed by atoms with Gasteiger partial charge in [-0.2, -0.15) is 9.81 Å². The zero-order valence-corrected chi connectivity index (χ0v) is 26.8. The van der Waals surface area contributed by atoms with Crippen LogP contribution in [0.5, 0.6) is 0 Å². The molecule has 0 aromatic rings. The Hall–Kier alpha value is -2.16. The monoisotopic (exact) mass is 600 g/mol. The minimum atomic E-state index is -0.858. The Morgan fingerprint density at radius 3 is 2.49 bits per heavy atom. The third kappa shape index (κ3) is 5.61. The van der Waals surface area contributed by atoms with E-state index in [-0.39, 0.29) is 54.0 Å². The van der Waals surface area contributed by atoms with Crippen LogP contribution in [0.3, 0.4) is 0 Å². The summed E-state index contributed by atoms with van der Waals surface area (Å²) in [6.07, 6.45) is 13.2. The van der Waals surface area contributed by atoms with E-state index in [0.717, 1.165) is 82.6 Å². The van der Waals surface area contributed by atoms with E-state index in [4.69, 9.17) is 14.2 Å². The number of carbonyl (C=O) groups is 2. The summed E-state index contributed by atoms with van der Waals surface area (Å²) in [6.45, 7) is 10.4. The number of esters is 2. The quantitative estimate of drug-likeness (QED) is 0.169. The summed E-state index contributed by atoms with van der Waals surface area (Å²) in [5.74, 6) is -0.00600. The van der Waals surface area contributed by atoms with Crippen molar-refractivity contribution in [1.82, 2.24) is 0 Å². The smallest absolute Gasteiger partial charge is 0.331 e. The topological polar surface area (TPSA) is 121 Å². The standard InChI is InChI=1S/C34H52N2O7/c1-6-8-25(11-10-24(7-2)35-39)43-26-13-15-32(4)23(18-26)9-12-28-27(32)14-16-33(5)31(22-17-30(38)41-20-22)29(42-21(3)37)19-34(28,33)36-40/h17,23-29,31H,6-16,18-20H2,1-5H3. The van der Waals surface area contributed by atoms with Crippen LogP contribution in [0.4, 0.5) is 0 Å². The first-order valence-corrected chi connectivity index (χ1v) is 16.9. The molecule has 1 aliphatic heterocycles. The predicted molar refractivity (Wildman–Crippen MR) is 163 cm³/mol. The van der Waals surface area contributed by atoms with E-state index in [1.165, 1.54) is 6.92 Å². The molecule has 11 unspecified atom stereocenters. The molecule has 9 heteroatoms. The molecular weight excluding hydrogens is 548 g/mol. The van der Waals surface area contributed by atoms with Gasteiger partial charge in [0.25, 0.3) is 0 Å². The highest BCUT2D eigenvalue weighted by Crippen LogP contribution is 2.71. The van der Waals surface area contributed by atoms with Gasteiger partial charge in [0.15, 0.2) is 0 Å². The maximum absolute atomic E-state index is 13.2. The maximum atomic E-state index is 13.2. The number of nitrogens with zero attached hydrogens (tertiary/aromatic N) is 2. The van der Waals surface area contributed by atoms with Crippen LogP contribution in [0.2, 0.25) is 0 Å². The van der Waals surface area contributed by atoms with E-state index in [2.05, 4.69) is 31.1 Å². The van der Waals surface area contributed by atoms with Gasteiger partial charge in [-0.15, -0.1) is 0 Å². The molecule has 0 bridgehead atoms. The van der Waals surface area contributed by atoms with Gasteiger partial charge in [-0.1, -0.05) is 44.5 Å². The van der Waals surface area contributed by atoms with Crippen LogP contribution in [0.15, 0.2) is 22.0 Å². The lowest BCUT2D eigenvalue weighted by Gasteiger charge is -2.63. The molecule has 0 amide bonds. The average molecular weight is 601 g/mol. The molecule has 0 N–H and O–H groups in total. The molecule has 1 heterocycles. The highest BCUT2D eigenvalue weighted by atomic mass is 16.5. The fraction of sp³-hybridized carbons (Fsp3) is 0.882. The Kier molecular flexibility index (Phi) is 9.51. The zero-order valence-electron chi connectivity index (χ0n) is 26.8. The van der Waals surface area contributed by atoms with E-state index < -0.39 is 17.1 Å². The van der Waals surface area contributed by atoms with Crippen molar-refractivity contribution in [2.75, 3.05) is 6.61 Å². The fourth-order valence-corrected chi connectivity index (χ4v) is 10.7. The van der Waals surface area contributed by atoms with E-state index in [0.29, 0.717) is 18.3 Å². The van der Waals surface area contributed by atoms with Gasteiger partial charge in [0, 0.05) is 30.8 Å². The highest BCUT2D eigenvalue weighted by molar-refractivity contribution is 5.85. The molecule has 5 aliphatic rings. The van der Waals surface area contributed by atoms with E-state index in [1.54, 1.807) is 6.08 Å². The van der Waals surface area contributed by atoms with Crippen LogP contribution in [-0.4, -0.2) is 48.4 Å². The number of hydrogen-bond acceptors (Lipinski definition) is 9. The van der Waals surface area contributed by atoms with Crippen molar-refractivity contribution in [3.63, 3.8) is 0 Å². The predicted octanol–water partition coefficient (Wildman–Crippen LogP) is 7.44. The third-order valence-corrected chi connectivity index (χ3v) is 12.8. The number of rotatable bonds is 12. The number of fused-ring (bicyclic) bond motifs is 5. The summed E-state index contributed by atoms with van der Waals surface area (Å²) in [5.41, 5.74) is -0.448. The van der Waals surface area contributed by atoms with Gasteiger partial charge in [0.05, 0.1) is 18.2 Å². The van der Waals surface area contributed by atoms with Crippen molar-refractivity contribution in [2.45, 2.75) is 148 Å². The molecule has 4 aliphatic carbocycles. The first-order chi connectivity index (χ1) is 20.5. The Morgan fingerprint density at radius 1 is 1.07 bits per heavy atom. The molecule has 240 valence electrons. The van der Waals surface area contributed by atoms with Gasteiger partial charge in [-0.3, -0.25) is 4.79 Å². The summed E-state index contributed by atoms with van der Waals surface area (Å²) in [5, 5.41) is 7.33. The van der Waals surface area contributed by atoms with Crippen molar-refractivity contribution in [1.29, 1.82) is 0 Å². The lowest BCUT2D eigenvalue weighted by atomic mass is 9.42. The maximum Gasteiger partial charge on any atom is 0.331 e. The van der Waals surface area contributed by atoms with Crippen LogP contribution in [0, 0.1) is 44.3 Å². The summed E-state index contributed by atoms with van der Waals surface area (Å²) in [6, 6.07) is -0.128. The summed E-state index contributed by atoms with van der Waals surface area (Å²) >= 11 is 0. The Balaban J connectivity index is 1.35. The van der Waals surface area contributed by atoms with Gasteiger partial charge < -0.3 is 14.2 Å². The minimum Gasteiger partial charge on any atom is -0.462 e. The largest absolute Gasteiger partial charge is 0.462 e. The van der Waals surface area contributed by atoms with E-state index >= 15 is 0 Å². The first-order valence-electron chi connectivity index (χ1n) is 16.9. The van der Waals surface area contributed by atoms with E-state index in [1.807, 2.05) is 6.92 Å². The fourth-order valence-electron chi connectivity index (χ4n) is 10.7. The van der Waals surface area contributed by atoms with Crippen molar-refractivity contribution in [3.05, 3.63) is 21.5 Å². The Bertz CT molecular complexity index is 1110. The number of cyclic esters (lactones) is 1. The van der Waals surface area contributed by atoms with Crippen LogP contribution < -0.4 is 0 Å². The first kappa shape index (κ1) is 32.2. The summed E-state index contributed by atoms with van der Waals surface area (Å²) in [7, 11) is 0. The molecule has 0 spiro atoms. The molecule has 11 atom stereocenters. The number of ether oxygens (including phenoxy) is 3. The number of carbonyl (C=O) groups excluding carboxylic acids is 2. The molecule has 0 radical (unpaired) electrons. The van der Waals surface area contributed by atoms with Crippen LogP contribution in [0.25, 0.3) is 0 Å². The third-order valence-electron chi connectivity index (χ3n) is 12.8. The molecule has 0 saturated heterocycles. The molecule has 0 aromatic carbocycles. The highest BCUT2D eigenvalue weighted by Gasteiger charge is 2.72. The molecule has 43 heavy (non-hydrogen) atoms. The second-order valence-electron chi connectivity index (χ2n) is 14.8. The Morgan fingerprint density at radius 2 is 1.86 bits per heavy atom. The van der Waals surface area contributed by atoms with Crippen molar-refractivity contribution in [2.24, 2.45) is 44.9 Å². The zero-order chi connectivity index (χ0) is 31.0. The molecular formula is C34H52N2O7. The number of nitroso groups, excluding NO2 is 2. The van der Waals surface area contributed by atoms with Crippen LogP contribution >= 0.6 is 0 Å². The summed E-state index contributed by atoms with van der Waals surface area (Å²) in [4.78, 5) is 48.6. The van der Waals surface area contributed by atoms with Gasteiger partial charge in [0.1, 0.15) is 18.2 Å². The van der Waals surface area contributed by atoms with Crippen LogP contribution in [-0.2, 0) is 23.8 Å². The molecule has 5 rings (SSSR count). The lowest BCUT2D eigenvalue weighted by molar-refractivity contribution is -0.150. The van der Waals surface area contributed by atoms with E-state index in [9.17, 15) is 19.4 Å². The lowest BCUT2D eigenvalue weighted by Crippen LogP contribution is -2.61. The molecule has 9 nitrogen and oxygen atoms in total. The average Bonchev–Trinajstić information content (AvgIpc) is 3.50.